The van der Waals surface area contributed by atoms with Gasteiger partial charge in [0.15, 0.2) is 0 Å². The summed E-state index contributed by atoms with van der Waals surface area (Å²) in [5.41, 5.74) is 3.21. The van der Waals surface area contributed by atoms with Crippen molar-refractivity contribution in [3.8, 4) is 0 Å². The summed E-state index contributed by atoms with van der Waals surface area (Å²) in [7, 11) is 4.00. The molecule has 1 rings (SSSR count). The molecule has 0 atom stereocenters. The molecule has 1 aromatic carbocycles. The van der Waals surface area contributed by atoms with Gasteiger partial charge in [0, 0.05) is 61.9 Å². The van der Waals surface area contributed by atoms with Crippen molar-refractivity contribution >= 4 is 52.7 Å². The van der Waals surface area contributed by atoms with E-state index in [2.05, 4.69) is 20.4 Å². The molecule has 0 unspecified atom stereocenters. The van der Waals surface area contributed by atoms with Crippen molar-refractivity contribution in [2.75, 3.05) is 45.2 Å². The minimum atomic E-state index is 0. The first-order valence-corrected chi connectivity index (χ1v) is 11.0. The van der Waals surface area contributed by atoms with Crippen molar-refractivity contribution in [3.05, 3.63) is 29.8 Å². The molecular formula is C21H33CuN7S2. The van der Waals surface area contributed by atoms with E-state index in [-0.39, 0.29) is 17.1 Å². The van der Waals surface area contributed by atoms with Crippen LogP contribution in [-0.2, 0) is 42.3 Å². The second-order valence-corrected chi connectivity index (χ2v) is 7.42. The zero-order chi connectivity index (χ0) is 22.7. The fourth-order valence-corrected chi connectivity index (χ4v) is 3.23. The van der Waals surface area contributed by atoms with Gasteiger partial charge in [-0.1, -0.05) is 12.1 Å². The Bertz CT molecular complexity index is 781. The predicted octanol–water partition coefficient (Wildman–Crippen LogP) is 3.32. The third-order valence-electron chi connectivity index (χ3n) is 4.59. The molecule has 175 valence electrons. The molecule has 31 heavy (non-hydrogen) atoms. The number of amidine groups is 2. The topological polar surface area (TPSA) is 59.2 Å². The van der Waals surface area contributed by atoms with Crippen molar-refractivity contribution in [2.24, 2.45) is 20.4 Å². The van der Waals surface area contributed by atoms with Crippen LogP contribution in [-0.4, -0.2) is 71.8 Å². The van der Waals surface area contributed by atoms with Crippen LogP contribution in [0.15, 0.2) is 44.7 Å². The molecule has 0 spiro atoms. The molecule has 0 saturated heterocycles. The van der Waals surface area contributed by atoms with Gasteiger partial charge in [-0.2, -0.15) is 15.3 Å². The molecule has 0 bridgehead atoms. The quantitative estimate of drug-likeness (QED) is 0.168. The maximum atomic E-state index is 5.41. The van der Waals surface area contributed by atoms with Crippen LogP contribution >= 0.6 is 0 Å². The third-order valence-corrected chi connectivity index (χ3v) is 5.27. The number of benzene rings is 1. The number of anilines is 1. The molecule has 0 aliphatic carbocycles. The normalized spacial score (nSPS) is 13.0. The molecule has 0 aromatic heterocycles. The summed E-state index contributed by atoms with van der Waals surface area (Å²) in [4.78, 5) is 5.98. The van der Waals surface area contributed by atoms with Gasteiger partial charge in [0.1, 0.15) is 5.71 Å². The Kier molecular flexibility index (Phi) is 14.3. The maximum Gasteiger partial charge on any atom is 2.00 e. The molecular weight excluding hydrogens is 478 g/mol. The van der Waals surface area contributed by atoms with Crippen molar-refractivity contribution in [2.45, 2.75) is 34.6 Å². The van der Waals surface area contributed by atoms with Gasteiger partial charge in [-0.3, -0.25) is 0 Å². The first-order valence-electron chi connectivity index (χ1n) is 10.2. The minimum absolute atomic E-state index is 0. The largest absolute Gasteiger partial charge is 2.00 e. The van der Waals surface area contributed by atoms with E-state index in [0.717, 1.165) is 37.4 Å². The van der Waals surface area contributed by atoms with Crippen LogP contribution < -0.4 is 4.90 Å². The molecule has 0 heterocycles. The van der Waals surface area contributed by atoms with Gasteiger partial charge in [-0.15, -0.1) is 5.10 Å². The van der Waals surface area contributed by atoms with Crippen LogP contribution in [0.2, 0.25) is 0 Å². The molecule has 1 aromatic rings. The van der Waals surface area contributed by atoms with Gasteiger partial charge in [-0.25, -0.2) is 0 Å². The minimum Gasteiger partial charge on any atom is -0.741 e. The average molecular weight is 511 g/mol. The molecule has 0 aliphatic heterocycles. The van der Waals surface area contributed by atoms with E-state index in [1.165, 1.54) is 0 Å². The SMILES string of the molecule is CCN(CC)C([S-])=NN=C(C)C(=NN=C([S-])N(CC)CC)c1ccc(N(C)C)cc1.[Cu+2]. The molecule has 7 nitrogen and oxygen atoms in total. The van der Waals surface area contributed by atoms with Crippen molar-refractivity contribution in [1.82, 2.24) is 9.80 Å². The van der Waals surface area contributed by atoms with Gasteiger partial charge in [0.2, 0.25) is 0 Å². The summed E-state index contributed by atoms with van der Waals surface area (Å²) in [6, 6.07) is 8.04. The van der Waals surface area contributed by atoms with Crippen LogP contribution in [0.1, 0.15) is 40.2 Å². The van der Waals surface area contributed by atoms with E-state index in [4.69, 9.17) is 25.3 Å². The fourth-order valence-electron chi connectivity index (χ4n) is 2.63. The van der Waals surface area contributed by atoms with E-state index in [0.29, 0.717) is 21.8 Å². The summed E-state index contributed by atoms with van der Waals surface area (Å²) in [5.74, 6) is 0. The van der Waals surface area contributed by atoms with Crippen LogP contribution in [0.25, 0.3) is 0 Å². The molecule has 10 heteroatoms. The smallest absolute Gasteiger partial charge is 0.741 e. The summed E-state index contributed by atoms with van der Waals surface area (Å²) in [6.07, 6.45) is 0. The van der Waals surface area contributed by atoms with Crippen LogP contribution in [0, 0.1) is 0 Å². The van der Waals surface area contributed by atoms with Gasteiger partial charge in [0.05, 0.1) is 5.71 Å². The fraction of sp³-hybridized carbons (Fsp3) is 0.524. The van der Waals surface area contributed by atoms with Gasteiger partial charge >= 0.3 is 17.1 Å². The average Bonchev–Trinajstić information content (AvgIpc) is 2.74. The van der Waals surface area contributed by atoms with E-state index in [1.54, 1.807) is 0 Å². The van der Waals surface area contributed by atoms with Crippen molar-refractivity contribution in [3.63, 3.8) is 0 Å². The van der Waals surface area contributed by atoms with E-state index >= 15 is 0 Å². The second-order valence-electron chi connectivity index (χ2n) is 6.69. The zero-order valence-electron chi connectivity index (χ0n) is 19.4. The van der Waals surface area contributed by atoms with Crippen LogP contribution in [0.4, 0.5) is 5.69 Å². The van der Waals surface area contributed by atoms with E-state index < -0.39 is 0 Å². The summed E-state index contributed by atoms with van der Waals surface area (Å²) in [6.45, 7) is 13.1. The molecule has 0 amide bonds. The van der Waals surface area contributed by atoms with Crippen molar-refractivity contribution in [1.29, 1.82) is 0 Å². The predicted molar refractivity (Wildman–Crippen MR) is 136 cm³/mol. The first kappa shape index (κ1) is 29.3. The molecule has 0 fully saturated rings. The molecule has 0 aliphatic rings. The Hall–Kier alpha value is -1.74. The van der Waals surface area contributed by atoms with Crippen LogP contribution in [0.3, 0.4) is 0 Å². The van der Waals surface area contributed by atoms with Crippen molar-refractivity contribution < 1.29 is 17.1 Å². The number of hydrogen-bond donors (Lipinski definition) is 0. The maximum absolute atomic E-state index is 5.41. The van der Waals surface area contributed by atoms with Gasteiger partial charge in [0.25, 0.3) is 0 Å². The van der Waals surface area contributed by atoms with E-state index in [9.17, 15) is 0 Å². The monoisotopic (exact) mass is 510 g/mol. The summed E-state index contributed by atoms with van der Waals surface area (Å²) in [5, 5.41) is 18.2. The summed E-state index contributed by atoms with van der Waals surface area (Å²) >= 11 is 10.8. The second kappa shape index (κ2) is 15.1. The summed E-state index contributed by atoms with van der Waals surface area (Å²) < 4.78 is 0. The standard InChI is InChI=1S/C21H35N7S2.Cu/c1-8-27(9-2)20(29)24-22-16(5)19(23-25-21(30)28(10-3)11-4)17-12-14-18(15-13-17)26(6)7;/h12-15H,8-11H2,1-7H3,(H,24,29)(H,25,30);/q;+2/p-2. The molecule has 0 saturated carbocycles. The Balaban J connectivity index is 0.00000900. The zero-order valence-corrected chi connectivity index (χ0v) is 22.0. The molecule has 1 radical (unpaired) electrons. The number of nitrogens with zero attached hydrogens (tertiary/aromatic N) is 7. The Labute approximate surface area is 209 Å². The number of rotatable bonds is 9. The first-order chi connectivity index (χ1) is 14.3. The third kappa shape index (κ3) is 9.11. The van der Waals surface area contributed by atoms with E-state index in [1.807, 2.05) is 87.7 Å². The molecule has 0 N–H and O–H groups in total. The van der Waals surface area contributed by atoms with Gasteiger partial charge < -0.3 is 40.0 Å². The Morgan fingerprint density at radius 2 is 1.16 bits per heavy atom. The van der Waals surface area contributed by atoms with Gasteiger partial charge in [-0.05, 0) is 46.8 Å². The number of hydrogen-bond acceptors (Lipinski definition) is 7. The Morgan fingerprint density at radius 3 is 1.55 bits per heavy atom. The van der Waals surface area contributed by atoms with Crippen LogP contribution in [0.5, 0.6) is 0 Å². The Morgan fingerprint density at radius 1 is 0.742 bits per heavy atom.